The molecule has 0 spiro atoms. The van der Waals surface area contributed by atoms with Crippen LogP contribution in [0, 0.1) is 46.3 Å². The van der Waals surface area contributed by atoms with Crippen molar-refractivity contribution in [2.45, 2.75) is 97.2 Å². The molecule has 0 aromatic carbocycles. The Balaban J connectivity index is 1.48. The van der Waals surface area contributed by atoms with Crippen LogP contribution in [-0.4, -0.2) is 32.6 Å². The van der Waals surface area contributed by atoms with Gasteiger partial charge in [0, 0.05) is 5.92 Å². The smallest absolute Gasteiger partial charge is 0.393 e. The Morgan fingerprint density at radius 2 is 1.81 bits per heavy atom. The molecular formula is C25H40N2O4. The molecule has 0 saturated heterocycles. The van der Waals surface area contributed by atoms with Crippen molar-refractivity contribution in [3.63, 3.8) is 0 Å². The maximum atomic E-state index is 11.8. The van der Waals surface area contributed by atoms with Crippen LogP contribution in [0.1, 0.15) is 90.8 Å². The maximum Gasteiger partial charge on any atom is 0.438 e. The van der Waals surface area contributed by atoms with Crippen LogP contribution in [0.3, 0.4) is 0 Å². The molecule has 6 heteroatoms. The molecule has 4 saturated carbocycles. The number of aliphatic hydroxyl groups is 2. The number of H-pyrrole nitrogens is 1. The van der Waals surface area contributed by atoms with Gasteiger partial charge in [-0.2, -0.15) is 0 Å². The van der Waals surface area contributed by atoms with Crippen molar-refractivity contribution in [3.8, 4) is 0 Å². The third kappa shape index (κ3) is 3.03. The van der Waals surface area contributed by atoms with Gasteiger partial charge in [0.05, 0.1) is 12.2 Å². The van der Waals surface area contributed by atoms with Gasteiger partial charge in [0.15, 0.2) is 5.82 Å². The first-order chi connectivity index (χ1) is 14.7. The fourth-order valence-electron chi connectivity index (χ4n) is 9.45. The highest BCUT2D eigenvalue weighted by atomic mass is 16.5. The lowest BCUT2D eigenvalue weighted by atomic mass is 9.41. The fraction of sp³-hybridized carbons (Fsp3) is 0.920. The van der Waals surface area contributed by atoms with Crippen molar-refractivity contribution in [1.29, 1.82) is 0 Å². The largest absolute Gasteiger partial charge is 0.438 e. The SMILES string of the molecule is CC[C@H]1[C@@H](O)C2C3CCC([C@H](C)c4noc(=O)[nH]4)[C@@]3(C)CCC2[C@@]2(C)CC[C@@H](O)C[C@@H]12. The molecule has 0 aliphatic heterocycles. The summed E-state index contributed by atoms with van der Waals surface area (Å²) >= 11 is 0. The van der Waals surface area contributed by atoms with E-state index in [0.29, 0.717) is 35.4 Å². The molecule has 1 aromatic rings. The second-order valence-electron chi connectivity index (χ2n) is 11.9. The van der Waals surface area contributed by atoms with Gasteiger partial charge in [0.1, 0.15) is 0 Å². The maximum absolute atomic E-state index is 11.8. The summed E-state index contributed by atoms with van der Waals surface area (Å²) in [6.45, 7) is 9.31. The van der Waals surface area contributed by atoms with Crippen LogP contribution in [0.25, 0.3) is 0 Å². The lowest BCUT2D eigenvalue weighted by molar-refractivity contribution is -0.202. The lowest BCUT2D eigenvalue weighted by Gasteiger charge is -2.64. The topological polar surface area (TPSA) is 99.4 Å². The number of nitrogens with one attached hydrogen (secondary N) is 1. The van der Waals surface area contributed by atoms with E-state index in [1.165, 1.54) is 6.42 Å². The number of nitrogens with zero attached hydrogens (tertiary/aromatic N) is 1. The van der Waals surface area contributed by atoms with Crippen molar-refractivity contribution in [3.05, 3.63) is 16.4 Å². The fourth-order valence-corrected chi connectivity index (χ4v) is 9.45. The number of hydrogen-bond acceptors (Lipinski definition) is 5. The molecule has 31 heavy (non-hydrogen) atoms. The van der Waals surface area contributed by atoms with Gasteiger partial charge in [0.25, 0.3) is 0 Å². The molecule has 0 bridgehead atoms. The summed E-state index contributed by atoms with van der Waals surface area (Å²) in [4.78, 5) is 14.3. The summed E-state index contributed by atoms with van der Waals surface area (Å²) in [7, 11) is 0. The van der Waals surface area contributed by atoms with Crippen molar-refractivity contribution < 1.29 is 14.7 Å². The summed E-state index contributed by atoms with van der Waals surface area (Å²) in [5, 5.41) is 26.2. The van der Waals surface area contributed by atoms with E-state index in [2.05, 4.69) is 37.8 Å². The summed E-state index contributed by atoms with van der Waals surface area (Å²) < 4.78 is 4.81. The Hall–Kier alpha value is -1.14. The van der Waals surface area contributed by atoms with E-state index in [1.807, 2.05) is 0 Å². The molecule has 4 aliphatic rings. The van der Waals surface area contributed by atoms with E-state index in [4.69, 9.17) is 4.52 Å². The first-order valence-corrected chi connectivity index (χ1v) is 12.6. The van der Waals surface area contributed by atoms with Crippen LogP contribution >= 0.6 is 0 Å². The molecule has 1 aromatic heterocycles. The molecule has 174 valence electrons. The zero-order valence-electron chi connectivity index (χ0n) is 19.5. The number of aromatic nitrogens is 2. The van der Waals surface area contributed by atoms with Crippen LogP contribution in [0.5, 0.6) is 0 Å². The molecule has 11 atom stereocenters. The van der Waals surface area contributed by atoms with Crippen molar-refractivity contribution >= 4 is 0 Å². The predicted octanol–water partition coefficient (Wildman–Crippen LogP) is 4.09. The van der Waals surface area contributed by atoms with Gasteiger partial charge in [-0.05, 0) is 91.3 Å². The molecular weight excluding hydrogens is 392 g/mol. The van der Waals surface area contributed by atoms with Gasteiger partial charge >= 0.3 is 5.76 Å². The van der Waals surface area contributed by atoms with Crippen LogP contribution in [0.15, 0.2) is 9.32 Å². The first-order valence-electron chi connectivity index (χ1n) is 12.6. The number of fused-ring (bicyclic) bond motifs is 5. The number of rotatable bonds is 3. The average molecular weight is 433 g/mol. The second kappa shape index (κ2) is 7.44. The highest BCUT2D eigenvalue weighted by Gasteiger charge is 2.65. The van der Waals surface area contributed by atoms with Crippen LogP contribution in [0.4, 0.5) is 0 Å². The molecule has 0 amide bonds. The third-order valence-corrected chi connectivity index (χ3v) is 11.0. The number of aliphatic hydroxyl groups excluding tert-OH is 2. The zero-order valence-corrected chi connectivity index (χ0v) is 19.5. The van der Waals surface area contributed by atoms with E-state index in [-0.39, 0.29) is 34.9 Å². The highest BCUT2D eigenvalue weighted by Crippen LogP contribution is 2.69. The normalized spacial score (nSPS) is 50.4. The second-order valence-corrected chi connectivity index (χ2v) is 11.9. The van der Waals surface area contributed by atoms with Crippen molar-refractivity contribution in [1.82, 2.24) is 10.1 Å². The first kappa shape index (κ1) is 21.7. The zero-order chi connectivity index (χ0) is 22.1. The highest BCUT2D eigenvalue weighted by molar-refractivity contribution is 5.15. The average Bonchev–Trinajstić information content (AvgIpc) is 3.32. The minimum absolute atomic E-state index is 0.146. The number of hydrogen-bond donors (Lipinski definition) is 3. The summed E-state index contributed by atoms with van der Waals surface area (Å²) in [6, 6.07) is 0. The van der Waals surface area contributed by atoms with E-state index in [9.17, 15) is 15.0 Å². The molecule has 4 aliphatic carbocycles. The molecule has 3 N–H and O–H groups in total. The third-order valence-electron chi connectivity index (χ3n) is 11.0. The standard InChI is InChI=1S/C25H40N2O4/c1-5-15-19-12-14(28)8-10-25(19,4)18-9-11-24(3)16(6-7-17(24)20(18)21(15)29)13(2)22-26-23(30)31-27-22/h13-21,28-29H,5-12H2,1-4H3,(H,26,27,30)/t13-,14+,15+,16?,17?,18?,19-,20?,21+,24+,25+/m0/s1. The molecule has 4 unspecified atom stereocenters. The van der Waals surface area contributed by atoms with Gasteiger partial charge in [-0.25, -0.2) is 4.79 Å². The molecule has 6 nitrogen and oxygen atoms in total. The van der Waals surface area contributed by atoms with Gasteiger partial charge in [-0.1, -0.05) is 39.3 Å². The predicted molar refractivity (Wildman–Crippen MR) is 117 cm³/mol. The minimum Gasteiger partial charge on any atom is -0.393 e. The van der Waals surface area contributed by atoms with E-state index >= 15 is 0 Å². The Morgan fingerprint density at radius 1 is 1.10 bits per heavy atom. The van der Waals surface area contributed by atoms with Crippen molar-refractivity contribution in [2.24, 2.45) is 46.3 Å². The van der Waals surface area contributed by atoms with Crippen LogP contribution in [-0.2, 0) is 0 Å². The molecule has 0 radical (unpaired) electrons. The Kier molecular flexibility index (Phi) is 5.21. The molecule has 5 rings (SSSR count). The van der Waals surface area contributed by atoms with E-state index in [1.54, 1.807) is 0 Å². The van der Waals surface area contributed by atoms with E-state index < -0.39 is 5.76 Å². The Labute approximate surface area is 185 Å². The summed E-state index contributed by atoms with van der Waals surface area (Å²) in [5.41, 5.74) is 0.374. The lowest BCUT2D eigenvalue weighted by Crippen LogP contribution is -2.62. The van der Waals surface area contributed by atoms with Crippen LogP contribution < -0.4 is 5.76 Å². The van der Waals surface area contributed by atoms with Gasteiger partial charge in [-0.3, -0.25) is 9.51 Å². The quantitative estimate of drug-likeness (QED) is 0.668. The summed E-state index contributed by atoms with van der Waals surface area (Å²) in [5.74, 6) is 2.88. The van der Waals surface area contributed by atoms with E-state index in [0.717, 1.165) is 44.9 Å². The summed E-state index contributed by atoms with van der Waals surface area (Å²) in [6.07, 6.45) is 7.95. The monoisotopic (exact) mass is 432 g/mol. The van der Waals surface area contributed by atoms with Crippen LogP contribution in [0.2, 0.25) is 0 Å². The van der Waals surface area contributed by atoms with Gasteiger partial charge in [-0.15, -0.1) is 0 Å². The Morgan fingerprint density at radius 3 is 2.48 bits per heavy atom. The molecule has 1 heterocycles. The minimum atomic E-state index is -0.475. The Bertz CT molecular complexity index is 866. The van der Waals surface area contributed by atoms with Gasteiger partial charge in [0.2, 0.25) is 0 Å². The van der Waals surface area contributed by atoms with Gasteiger partial charge < -0.3 is 10.2 Å². The number of aromatic amines is 1. The molecule has 4 fully saturated rings. The van der Waals surface area contributed by atoms with Crippen molar-refractivity contribution in [2.75, 3.05) is 0 Å².